The van der Waals surface area contributed by atoms with Crippen molar-refractivity contribution in [1.82, 2.24) is 0 Å². The highest BCUT2D eigenvalue weighted by Crippen LogP contribution is 1.99. The number of Topliss-reactive ketones (excluding diaryl/α,β-unsaturated/α-hetero) is 1. The van der Waals surface area contributed by atoms with Crippen molar-refractivity contribution >= 4 is 17.8 Å². The molecule has 0 bridgehead atoms. The smallest absolute Gasteiger partial charge is 0.181 e. The van der Waals surface area contributed by atoms with Gasteiger partial charge in [-0.05, 0) is 0 Å². The lowest BCUT2D eigenvalue weighted by Crippen LogP contribution is -2.20. The number of aliphatic imine (C=N–C) groups is 2. The molecule has 1 aliphatic rings. The molecule has 0 spiro atoms. The minimum atomic E-state index is 0.0421. The fraction of sp³-hybridized carbons (Fsp3) is 0.571. The van der Waals surface area contributed by atoms with Gasteiger partial charge in [0.05, 0.1) is 6.54 Å². The number of rotatable bonds is 2. The van der Waals surface area contributed by atoms with Crippen molar-refractivity contribution in [1.29, 1.82) is 0 Å². The Balaban J connectivity index is 2.59. The average molecular weight is 138 g/mol. The Kier molecular flexibility index (Phi) is 1.94. The van der Waals surface area contributed by atoms with Gasteiger partial charge in [0.25, 0.3) is 0 Å². The van der Waals surface area contributed by atoms with Crippen molar-refractivity contribution in [2.24, 2.45) is 15.9 Å². The van der Waals surface area contributed by atoms with Crippen LogP contribution in [0.15, 0.2) is 9.98 Å². The summed E-state index contributed by atoms with van der Waals surface area (Å²) in [5.74, 6) is 0.151. The molecule has 0 radical (unpaired) electrons. The topological polar surface area (TPSA) is 41.8 Å². The van der Waals surface area contributed by atoms with Gasteiger partial charge in [0.15, 0.2) is 5.78 Å². The van der Waals surface area contributed by atoms with E-state index in [0.29, 0.717) is 12.3 Å². The molecule has 0 fully saturated rings. The van der Waals surface area contributed by atoms with Gasteiger partial charge in [0.2, 0.25) is 0 Å². The quantitative estimate of drug-likeness (QED) is 0.553. The Bertz CT molecular complexity index is 204. The van der Waals surface area contributed by atoms with E-state index in [9.17, 15) is 4.79 Å². The van der Waals surface area contributed by atoms with E-state index in [0.717, 1.165) is 0 Å². The molecule has 1 aliphatic heterocycles. The molecule has 0 aliphatic carbocycles. The van der Waals surface area contributed by atoms with Crippen molar-refractivity contribution in [3.8, 4) is 0 Å². The zero-order chi connectivity index (χ0) is 7.56. The van der Waals surface area contributed by atoms with E-state index >= 15 is 0 Å². The Labute approximate surface area is 59.9 Å². The second-order valence-corrected chi connectivity index (χ2v) is 2.55. The van der Waals surface area contributed by atoms with Gasteiger partial charge in [-0.1, -0.05) is 13.8 Å². The summed E-state index contributed by atoms with van der Waals surface area (Å²) in [5.41, 5.74) is 0.593. The Hall–Kier alpha value is -0.990. The minimum absolute atomic E-state index is 0.0421. The van der Waals surface area contributed by atoms with Crippen LogP contribution in [-0.4, -0.2) is 24.4 Å². The number of hydrogen-bond donors (Lipinski definition) is 0. The molecule has 1 heterocycles. The van der Waals surface area contributed by atoms with Gasteiger partial charge in [-0.15, -0.1) is 0 Å². The maximum atomic E-state index is 11.1. The summed E-state index contributed by atoms with van der Waals surface area (Å²) >= 11 is 0. The molecule has 0 amide bonds. The van der Waals surface area contributed by atoms with Crippen LogP contribution in [0.2, 0.25) is 0 Å². The summed E-state index contributed by atoms with van der Waals surface area (Å²) in [6.07, 6.45) is 1.44. The molecule has 0 aromatic rings. The highest BCUT2D eigenvalue weighted by atomic mass is 16.1. The third kappa shape index (κ3) is 1.29. The van der Waals surface area contributed by atoms with Crippen molar-refractivity contribution in [2.45, 2.75) is 13.8 Å². The third-order valence-corrected chi connectivity index (χ3v) is 1.35. The van der Waals surface area contributed by atoms with E-state index in [-0.39, 0.29) is 11.7 Å². The van der Waals surface area contributed by atoms with Crippen LogP contribution in [0, 0.1) is 5.92 Å². The van der Waals surface area contributed by atoms with Crippen LogP contribution in [0.25, 0.3) is 0 Å². The zero-order valence-corrected chi connectivity index (χ0v) is 6.16. The van der Waals surface area contributed by atoms with E-state index < -0.39 is 0 Å². The number of carbonyl (C=O) groups is 1. The molecule has 3 nitrogen and oxygen atoms in total. The van der Waals surface area contributed by atoms with Gasteiger partial charge in [0.1, 0.15) is 12.1 Å². The summed E-state index contributed by atoms with van der Waals surface area (Å²) < 4.78 is 0. The number of hydrogen-bond acceptors (Lipinski definition) is 3. The van der Waals surface area contributed by atoms with Crippen molar-refractivity contribution in [3.05, 3.63) is 0 Å². The molecule has 0 saturated heterocycles. The molecule has 0 aromatic carbocycles. The van der Waals surface area contributed by atoms with Gasteiger partial charge in [0, 0.05) is 5.92 Å². The standard InChI is InChI=1S/C7H10N2O/c1-5(2)7(10)6-3-8-4-9-6/h4-5H,3H2,1-2H3. The minimum Gasteiger partial charge on any atom is -0.292 e. The predicted molar refractivity (Wildman–Crippen MR) is 40.6 cm³/mol. The van der Waals surface area contributed by atoms with Crippen LogP contribution in [0.3, 0.4) is 0 Å². The van der Waals surface area contributed by atoms with Crippen LogP contribution in [0.5, 0.6) is 0 Å². The number of nitrogens with zero attached hydrogens (tertiary/aromatic N) is 2. The van der Waals surface area contributed by atoms with Crippen LogP contribution >= 0.6 is 0 Å². The first kappa shape index (κ1) is 7.12. The molecule has 10 heavy (non-hydrogen) atoms. The number of ketones is 1. The molecule has 0 atom stereocenters. The van der Waals surface area contributed by atoms with Gasteiger partial charge in [-0.3, -0.25) is 9.79 Å². The molecule has 0 N–H and O–H groups in total. The third-order valence-electron chi connectivity index (χ3n) is 1.35. The summed E-state index contributed by atoms with van der Waals surface area (Å²) in [5, 5.41) is 0. The maximum absolute atomic E-state index is 11.1. The molecule has 0 saturated carbocycles. The lowest BCUT2D eigenvalue weighted by Gasteiger charge is -2.00. The van der Waals surface area contributed by atoms with Crippen molar-refractivity contribution in [2.75, 3.05) is 6.54 Å². The Morgan fingerprint density at radius 2 is 2.40 bits per heavy atom. The lowest BCUT2D eigenvalue weighted by molar-refractivity contribution is -0.115. The van der Waals surface area contributed by atoms with Crippen LogP contribution in [-0.2, 0) is 4.79 Å². The molecule has 0 unspecified atom stereocenters. The summed E-state index contributed by atoms with van der Waals surface area (Å²) in [6, 6.07) is 0. The van der Waals surface area contributed by atoms with E-state index in [1.165, 1.54) is 6.34 Å². The highest BCUT2D eigenvalue weighted by Gasteiger charge is 2.15. The first-order valence-corrected chi connectivity index (χ1v) is 3.31. The van der Waals surface area contributed by atoms with Gasteiger partial charge in [-0.2, -0.15) is 0 Å². The van der Waals surface area contributed by atoms with Crippen LogP contribution < -0.4 is 0 Å². The van der Waals surface area contributed by atoms with E-state index in [1.807, 2.05) is 13.8 Å². The average Bonchev–Trinajstić information content (AvgIpc) is 2.36. The first-order chi connectivity index (χ1) is 4.72. The molecular weight excluding hydrogens is 128 g/mol. The monoisotopic (exact) mass is 138 g/mol. The molecular formula is C7H10N2O. The van der Waals surface area contributed by atoms with E-state index in [1.54, 1.807) is 0 Å². The Morgan fingerprint density at radius 1 is 1.70 bits per heavy atom. The summed E-state index contributed by atoms with van der Waals surface area (Å²) in [6.45, 7) is 4.20. The zero-order valence-electron chi connectivity index (χ0n) is 6.16. The summed E-state index contributed by atoms with van der Waals surface area (Å²) in [4.78, 5) is 18.8. The van der Waals surface area contributed by atoms with Crippen molar-refractivity contribution < 1.29 is 4.79 Å². The SMILES string of the molecule is CC(C)C(=O)C1=NC=NC1. The fourth-order valence-electron chi connectivity index (χ4n) is 0.753. The maximum Gasteiger partial charge on any atom is 0.181 e. The normalized spacial score (nSPS) is 16.1. The highest BCUT2D eigenvalue weighted by molar-refractivity contribution is 6.43. The lowest BCUT2D eigenvalue weighted by atomic mass is 10.1. The van der Waals surface area contributed by atoms with E-state index in [4.69, 9.17) is 0 Å². The second-order valence-electron chi connectivity index (χ2n) is 2.55. The second kappa shape index (κ2) is 2.73. The van der Waals surface area contributed by atoms with Crippen molar-refractivity contribution in [3.63, 3.8) is 0 Å². The largest absolute Gasteiger partial charge is 0.292 e. The molecule has 3 heteroatoms. The fourth-order valence-corrected chi connectivity index (χ4v) is 0.753. The van der Waals surface area contributed by atoms with Crippen LogP contribution in [0.1, 0.15) is 13.8 Å². The molecule has 54 valence electrons. The molecule has 0 aromatic heterocycles. The first-order valence-electron chi connectivity index (χ1n) is 3.31. The predicted octanol–water partition coefficient (Wildman–Crippen LogP) is 0.694. The van der Waals surface area contributed by atoms with Gasteiger partial charge < -0.3 is 0 Å². The van der Waals surface area contributed by atoms with Gasteiger partial charge in [-0.25, -0.2) is 4.99 Å². The summed E-state index contributed by atoms with van der Waals surface area (Å²) in [7, 11) is 0. The van der Waals surface area contributed by atoms with Gasteiger partial charge >= 0.3 is 0 Å². The molecule has 1 rings (SSSR count). The van der Waals surface area contributed by atoms with E-state index in [2.05, 4.69) is 9.98 Å². The Morgan fingerprint density at radius 3 is 2.80 bits per heavy atom. The number of carbonyl (C=O) groups excluding carboxylic acids is 1. The van der Waals surface area contributed by atoms with Crippen LogP contribution in [0.4, 0.5) is 0 Å².